The van der Waals surface area contributed by atoms with Gasteiger partial charge in [-0.25, -0.2) is 0 Å². The Labute approximate surface area is 143 Å². The number of rotatable bonds is 6. The van der Waals surface area contributed by atoms with Crippen LogP contribution in [0.1, 0.15) is 32.1 Å². The first kappa shape index (κ1) is 16.4. The molecular formula is C20H24N2O2. The first-order valence-corrected chi connectivity index (χ1v) is 8.66. The van der Waals surface area contributed by atoms with Crippen molar-refractivity contribution in [3.63, 3.8) is 0 Å². The Morgan fingerprint density at radius 1 is 0.917 bits per heavy atom. The molecule has 1 aliphatic carbocycles. The van der Waals surface area contributed by atoms with Gasteiger partial charge in [0.25, 0.3) is 0 Å². The third-order valence-electron chi connectivity index (χ3n) is 4.26. The lowest BCUT2D eigenvalue weighted by molar-refractivity contribution is -0.120. The lowest BCUT2D eigenvalue weighted by Crippen LogP contribution is -2.39. The van der Waals surface area contributed by atoms with Crippen LogP contribution < -0.4 is 15.4 Å². The molecule has 0 aliphatic heterocycles. The van der Waals surface area contributed by atoms with Gasteiger partial charge < -0.3 is 15.4 Å². The highest BCUT2D eigenvalue weighted by Crippen LogP contribution is 2.22. The van der Waals surface area contributed by atoms with Gasteiger partial charge in [0.15, 0.2) is 0 Å². The summed E-state index contributed by atoms with van der Waals surface area (Å²) in [5, 5.41) is 6.26. The molecular weight excluding hydrogens is 300 g/mol. The Morgan fingerprint density at radius 3 is 2.29 bits per heavy atom. The topological polar surface area (TPSA) is 50.4 Å². The number of nitrogens with one attached hydrogen (secondary N) is 2. The highest BCUT2D eigenvalue weighted by Gasteiger charge is 2.15. The smallest absolute Gasteiger partial charge is 0.239 e. The van der Waals surface area contributed by atoms with Gasteiger partial charge in [0.1, 0.15) is 11.5 Å². The summed E-state index contributed by atoms with van der Waals surface area (Å²) in [5.74, 6) is 1.65. The van der Waals surface area contributed by atoms with E-state index in [9.17, 15) is 4.79 Å². The Bertz CT molecular complexity index is 634. The summed E-state index contributed by atoms with van der Waals surface area (Å²) in [4.78, 5) is 12.0. The summed E-state index contributed by atoms with van der Waals surface area (Å²) >= 11 is 0. The van der Waals surface area contributed by atoms with Crippen LogP contribution >= 0.6 is 0 Å². The van der Waals surface area contributed by atoms with Gasteiger partial charge in [-0.15, -0.1) is 0 Å². The molecule has 0 aromatic heterocycles. The average molecular weight is 324 g/mol. The first-order valence-electron chi connectivity index (χ1n) is 8.66. The van der Waals surface area contributed by atoms with Crippen LogP contribution in [0.15, 0.2) is 54.6 Å². The van der Waals surface area contributed by atoms with Crippen molar-refractivity contribution in [1.29, 1.82) is 0 Å². The Morgan fingerprint density at radius 2 is 1.58 bits per heavy atom. The number of ether oxygens (including phenoxy) is 1. The lowest BCUT2D eigenvalue weighted by atomic mass is 9.95. The van der Waals surface area contributed by atoms with E-state index < -0.39 is 0 Å². The number of carbonyl (C=O) groups excluding carboxylic acids is 1. The van der Waals surface area contributed by atoms with E-state index >= 15 is 0 Å². The van der Waals surface area contributed by atoms with Crippen LogP contribution in [0.5, 0.6) is 11.5 Å². The van der Waals surface area contributed by atoms with Crippen LogP contribution in [0.2, 0.25) is 0 Å². The monoisotopic (exact) mass is 324 g/mol. The minimum absolute atomic E-state index is 0.0616. The lowest BCUT2D eigenvalue weighted by Gasteiger charge is -2.22. The van der Waals surface area contributed by atoms with Crippen LogP contribution in [0.25, 0.3) is 0 Å². The van der Waals surface area contributed by atoms with Gasteiger partial charge >= 0.3 is 0 Å². The summed E-state index contributed by atoms with van der Waals surface area (Å²) in [6, 6.07) is 17.7. The van der Waals surface area contributed by atoms with Crippen LogP contribution in [-0.4, -0.2) is 18.5 Å². The molecule has 1 aliphatic rings. The van der Waals surface area contributed by atoms with E-state index in [4.69, 9.17) is 4.74 Å². The van der Waals surface area contributed by atoms with Crippen molar-refractivity contribution in [2.24, 2.45) is 0 Å². The fraction of sp³-hybridized carbons (Fsp3) is 0.350. The molecule has 0 spiro atoms. The van der Waals surface area contributed by atoms with E-state index in [0.29, 0.717) is 12.6 Å². The van der Waals surface area contributed by atoms with E-state index in [2.05, 4.69) is 10.6 Å². The minimum atomic E-state index is 0.0616. The zero-order valence-corrected chi connectivity index (χ0v) is 13.8. The van der Waals surface area contributed by atoms with Gasteiger partial charge in [-0.2, -0.15) is 0 Å². The molecule has 2 N–H and O–H groups in total. The summed E-state index contributed by atoms with van der Waals surface area (Å²) in [5.41, 5.74) is 0.911. The fourth-order valence-corrected chi connectivity index (χ4v) is 2.97. The number of benzene rings is 2. The molecule has 0 radical (unpaired) electrons. The minimum Gasteiger partial charge on any atom is -0.457 e. The van der Waals surface area contributed by atoms with E-state index in [1.165, 1.54) is 19.3 Å². The van der Waals surface area contributed by atoms with Gasteiger partial charge in [0.2, 0.25) is 5.91 Å². The van der Waals surface area contributed by atoms with Crippen LogP contribution in [0.4, 0.5) is 5.69 Å². The first-order chi connectivity index (χ1) is 11.8. The molecule has 2 aromatic rings. The number of carbonyl (C=O) groups is 1. The van der Waals surface area contributed by atoms with Gasteiger partial charge in [-0.1, -0.05) is 37.5 Å². The molecule has 126 valence electrons. The van der Waals surface area contributed by atoms with E-state index in [-0.39, 0.29) is 5.91 Å². The Hall–Kier alpha value is -2.49. The zero-order chi connectivity index (χ0) is 16.6. The molecule has 0 atom stereocenters. The highest BCUT2D eigenvalue weighted by molar-refractivity contribution is 5.81. The predicted octanol–water partition coefficient (Wildman–Crippen LogP) is 4.34. The van der Waals surface area contributed by atoms with E-state index in [1.807, 2.05) is 54.6 Å². The molecule has 1 amide bonds. The van der Waals surface area contributed by atoms with Crippen LogP contribution in [-0.2, 0) is 4.79 Å². The predicted molar refractivity (Wildman–Crippen MR) is 96.5 cm³/mol. The maximum atomic E-state index is 12.0. The number of hydrogen-bond acceptors (Lipinski definition) is 3. The summed E-state index contributed by atoms with van der Waals surface area (Å²) in [6.07, 6.45) is 5.96. The Balaban J connectivity index is 1.44. The standard InChI is InChI=1S/C20H24N2O2/c23-20(22-17-7-3-1-4-8-17)15-21-16-11-13-19(14-12-16)24-18-9-5-2-6-10-18/h2,5-6,9-14,17,21H,1,3-4,7-8,15H2,(H,22,23). The molecule has 24 heavy (non-hydrogen) atoms. The van der Waals surface area contributed by atoms with Crippen molar-refractivity contribution < 1.29 is 9.53 Å². The third kappa shape index (κ3) is 5.01. The zero-order valence-electron chi connectivity index (χ0n) is 13.8. The van der Waals surface area contributed by atoms with Crippen molar-refractivity contribution in [2.45, 2.75) is 38.1 Å². The SMILES string of the molecule is O=C(CNc1ccc(Oc2ccccc2)cc1)NC1CCCCC1. The number of amides is 1. The van der Waals surface area contributed by atoms with Crippen molar-refractivity contribution in [3.05, 3.63) is 54.6 Å². The molecule has 0 saturated heterocycles. The molecule has 0 bridgehead atoms. The van der Waals surface area contributed by atoms with Crippen molar-refractivity contribution in [3.8, 4) is 11.5 Å². The second-order valence-corrected chi connectivity index (χ2v) is 6.20. The third-order valence-corrected chi connectivity index (χ3v) is 4.26. The fourth-order valence-electron chi connectivity index (χ4n) is 2.97. The summed E-state index contributed by atoms with van der Waals surface area (Å²) in [6.45, 7) is 0.301. The van der Waals surface area contributed by atoms with Gasteiger partial charge in [-0.05, 0) is 49.2 Å². The van der Waals surface area contributed by atoms with Gasteiger partial charge in [0.05, 0.1) is 6.54 Å². The van der Waals surface area contributed by atoms with Crippen LogP contribution in [0, 0.1) is 0 Å². The molecule has 3 rings (SSSR count). The normalized spacial score (nSPS) is 14.8. The van der Waals surface area contributed by atoms with Gasteiger partial charge in [0, 0.05) is 11.7 Å². The second-order valence-electron chi connectivity index (χ2n) is 6.20. The van der Waals surface area contributed by atoms with Crippen molar-refractivity contribution in [2.75, 3.05) is 11.9 Å². The number of hydrogen-bond donors (Lipinski definition) is 2. The molecule has 2 aromatic carbocycles. The van der Waals surface area contributed by atoms with E-state index in [0.717, 1.165) is 30.0 Å². The average Bonchev–Trinajstić information content (AvgIpc) is 2.63. The molecule has 1 fully saturated rings. The van der Waals surface area contributed by atoms with E-state index in [1.54, 1.807) is 0 Å². The molecule has 4 nitrogen and oxygen atoms in total. The largest absolute Gasteiger partial charge is 0.457 e. The van der Waals surface area contributed by atoms with Crippen molar-refractivity contribution in [1.82, 2.24) is 5.32 Å². The van der Waals surface area contributed by atoms with Crippen molar-refractivity contribution >= 4 is 11.6 Å². The van der Waals surface area contributed by atoms with Gasteiger partial charge in [-0.3, -0.25) is 4.79 Å². The molecule has 0 heterocycles. The molecule has 1 saturated carbocycles. The Kier molecular flexibility index (Phi) is 5.72. The summed E-state index contributed by atoms with van der Waals surface area (Å²) in [7, 11) is 0. The maximum absolute atomic E-state index is 12.0. The molecule has 4 heteroatoms. The second kappa shape index (κ2) is 8.39. The summed E-state index contributed by atoms with van der Waals surface area (Å²) < 4.78 is 5.75. The maximum Gasteiger partial charge on any atom is 0.239 e. The molecule has 0 unspecified atom stereocenters. The quantitative estimate of drug-likeness (QED) is 0.831. The highest BCUT2D eigenvalue weighted by atomic mass is 16.5. The number of anilines is 1. The number of para-hydroxylation sites is 1. The van der Waals surface area contributed by atoms with Crippen LogP contribution in [0.3, 0.4) is 0 Å².